The summed E-state index contributed by atoms with van der Waals surface area (Å²) in [5.74, 6) is -1.09. The molecule has 0 aromatic carbocycles. The predicted molar refractivity (Wildman–Crippen MR) is 53.0 cm³/mol. The fourth-order valence-corrected chi connectivity index (χ4v) is 1.51. The topological polar surface area (TPSA) is 78.9 Å². The van der Waals surface area contributed by atoms with Crippen molar-refractivity contribution in [3.05, 3.63) is 0 Å². The molecule has 1 heterocycles. The van der Waals surface area contributed by atoms with Crippen LogP contribution in [0.15, 0.2) is 0 Å². The summed E-state index contributed by atoms with van der Waals surface area (Å²) in [4.78, 5) is 23.0. The zero-order valence-electron chi connectivity index (χ0n) is 9.37. The van der Waals surface area contributed by atoms with Crippen LogP contribution in [-0.2, 0) is 9.53 Å². The van der Waals surface area contributed by atoms with Gasteiger partial charge in [0.1, 0.15) is 6.54 Å². The molecule has 0 aromatic heterocycles. The fraction of sp³-hybridized carbons (Fsp3) is 0.778. The Morgan fingerprint density at radius 3 is 2.67 bits per heavy atom. The number of hydrogen-bond donors (Lipinski definition) is 2. The number of carbonyl (C=O) groups is 2. The molecule has 1 saturated heterocycles. The van der Waals surface area contributed by atoms with E-state index in [1.807, 2.05) is 0 Å². The molecule has 9 heteroatoms. The van der Waals surface area contributed by atoms with Gasteiger partial charge in [-0.1, -0.05) is 0 Å². The van der Waals surface area contributed by atoms with Gasteiger partial charge in [0.2, 0.25) is 0 Å². The third-order valence-electron chi connectivity index (χ3n) is 2.27. The SMILES string of the molecule is O=C(O)CC1CN(C(=O)NCC(F)(F)F)CCO1. The molecule has 0 aromatic rings. The average Bonchev–Trinajstić information content (AvgIpc) is 2.24. The first kappa shape index (κ1) is 14.6. The maximum absolute atomic E-state index is 11.9. The largest absolute Gasteiger partial charge is 0.481 e. The molecule has 0 bridgehead atoms. The minimum Gasteiger partial charge on any atom is -0.481 e. The van der Waals surface area contributed by atoms with Gasteiger partial charge in [0.15, 0.2) is 0 Å². The number of nitrogens with zero attached hydrogens (tertiary/aromatic N) is 1. The van der Waals surface area contributed by atoms with Crippen molar-refractivity contribution >= 4 is 12.0 Å². The number of carboxylic acid groups (broad SMARTS) is 1. The number of urea groups is 1. The lowest BCUT2D eigenvalue weighted by atomic mass is 10.2. The number of alkyl halides is 3. The van der Waals surface area contributed by atoms with Gasteiger partial charge >= 0.3 is 18.2 Å². The first-order chi connectivity index (χ1) is 8.28. The van der Waals surface area contributed by atoms with Crippen molar-refractivity contribution in [3.8, 4) is 0 Å². The van der Waals surface area contributed by atoms with Crippen LogP contribution in [0.1, 0.15) is 6.42 Å². The fourth-order valence-electron chi connectivity index (χ4n) is 1.51. The van der Waals surface area contributed by atoms with Crippen molar-refractivity contribution in [2.75, 3.05) is 26.2 Å². The van der Waals surface area contributed by atoms with Gasteiger partial charge in [-0.3, -0.25) is 4.79 Å². The second-order valence-electron chi connectivity index (χ2n) is 3.81. The normalized spacial score (nSPS) is 20.6. The molecule has 104 valence electrons. The van der Waals surface area contributed by atoms with Gasteiger partial charge in [-0.2, -0.15) is 13.2 Å². The summed E-state index contributed by atoms with van der Waals surface area (Å²) in [7, 11) is 0. The van der Waals surface area contributed by atoms with Crippen molar-refractivity contribution in [2.45, 2.75) is 18.7 Å². The highest BCUT2D eigenvalue weighted by molar-refractivity contribution is 5.74. The maximum atomic E-state index is 11.9. The first-order valence-corrected chi connectivity index (χ1v) is 5.21. The molecule has 1 aliphatic heterocycles. The van der Waals surface area contributed by atoms with E-state index in [-0.39, 0.29) is 26.1 Å². The van der Waals surface area contributed by atoms with Crippen LogP contribution in [0.3, 0.4) is 0 Å². The quantitative estimate of drug-likeness (QED) is 0.779. The average molecular weight is 270 g/mol. The summed E-state index contributed by atoms with van der Waals surface area (Å²) in [6.45, 7) is -1.19. The lowest BCUT2D eigenvalue weighted by Gasteiger charge is -2.32. The second kappa shape index (κ2) is 5.89. The number of rotatable bonds is 3. The van der Waals surface area contributed by atoms with E-state index in [9.17, 15) is 22.8 Å². The minimum atomic E-state index is -4.47. The highest BCUT2D eigenvalue weighted by Crippen LogP contribution is 2.13. The Morgan fingerprint density at radius 1 is 1.44 bits per heavy atom. The molecule has 2 amide bonds. The van der Waals surface area contributed by atoms with Crippen LogP contribution in [0, 0.1) is 0 Å². The molecule has 1 atom stereocenters. The van der Waals surface area contributed by atoms with Gasteiger partial charge in [-0.15, -0.1) is 0 Å². The van der Waals surface area contributed by atoms with Gasteiger partial charge in [0.05, 0.1) is 19.1 Å². The molecule has 18 heavy (non-hydrogen) atoms. The zero-order valence-corrected chi connectivity index (χ0v) is 9.37. The van der Waals surface area contributed by atoms with Crippen molar-refractivity contribution in [2.24, 2.45) is 0 Å². The van der Waals surface area contributed by atoms with Crippen molar-refractivity contribution < 1.29 is 32.6 Å². The molecule has 2 N–H and O–H groups in total. The summed E-state index contributed by atoms with van der Waals surface area (Å²) in [6, 6.07) is -0.869. The molecule has 1 aliphatic rings. The molecule has 0 spiro atoms. The number of halogens is 3. The minimum absolute atomic E-state index is 0.0318. The van der Waals surface area contributed by atoms with Crippen LogP contribution < -0.4 is 5.32 Å². The highest BCUT2D eigenvalue weighted by atomic mass is 19.4. The summed E-state index contributed by atoms with van der Waals surface area (Å²) in [5.41, 5.74) is 0. The maximum Gasteiger partial charge on any atom is 0.405 e. The van der Waals surface area contributed by atoms with Gasteiger partial charge in [0, 0.05) is 13.1 Å². The predicted octanol–water partition coefficient (Wildman–Crippen LogP) is 0.434. The second-order valence-corrected chi connectivity index (χ2v) is 3.81. The van der Waals surface area contributed by atoms with Crippen LogP contribution in [0.2, 0.25) is 0 Å². The van der Waals surface area contributed by atoms with Crippen molar-refractivity contribution in [3.63, 3.8) is 0 Å². The molecular weight excluding hydrogens is 257 g/mol. The standard InChI is InChI=1S/C9H13F3N2O4/c10-9(11,12)5-13-8(17)14-1-2-18-6(4-14)3-7(15)16/h6H,1-5H2,(H,13,17)(H,15,16). The molecule has 0 radical (unpaired) electrons. The Kier molecular flexibility index (Phi) is 4.76. The van der Waals surface area contributed by atoms with E-state index in [0.29, 0.717) is 0 Å². The van der Waals surface area contributed by atoms with Gasteiger partial charge in [-0.05, 0) is 0 Å². The Balaban J connectivity index is 2.41. The molecule has 1 rings (SSSR count). The Labute approximate surface area is 101 Å². The lowest BCUT2D eigenvalue weighted by molar-refractivity contribution is -0.141. The molecule has 0 aliphatic carbocycles. The smallest absolute Gasteiger partial charge is 0.405 e. The van der Waals surface area contributed by atoms with E-state index in [0.717, 1.165) is 4.90 Å². The van der Waals surface area contributed by atoms with E-state index in [1.54, 1.807) is 5.32 Å². The van der Waals surface area contributed by atoms with Crippen LogP contribution in [0.25, 0.3) is 0 Å². The first-order valence-electron chi connectivity index (χ1n) is 5.21. The zero-order chi connectivity index (χ0) is 13.8. The summed E-state index contributed by atoms with van der Waals surface area (Å²) >= 11 is 0. The van der Waals surface area contributed by atoms with Crippen LogP contribution in [0.4, 0.5) is 18.0 Å². The van der Waals surface area contributed by atoms with Crippen molar-refractivity contribution in [1.82, 2.24) is 10.2 Å². The Morgan fingerprint density at radius 2 is 2.11 bits per heavy atom. The number of carboxylic acids is 1. The van der Waals surface area contributed by atoms with Gasteiger partial charge in [0.25, 0.3) is 0 Å². The number of morpholine rings is 1. The molecular formula is C9H13F3N2O4. The Bertz CT molecular complexity index is 321. The van der Waals surface area contributed by atoms with E-state index < -0.39 is 30.8 Å². The number of aliphatic carboxylic acids is 1. The highest BCUT2D eigenvalue weighted by Gasteiger charge is 2.30. The number of carbonyl (C=O) groups excluding carboxylic acids is 1. The van der Waals surface area contributed by atoms with E-state index >= 15 is 0 Å². The molecule has 6 nitrogen and oxygen atoms in total. The number of amides is 2. The van der Waals surface area contributed by atoms with Crippen LogP contribution in [-0.4, -0.2) is 60.5 Å². The van der Waals surface area contributed by atoms with Crippen LogP contribution >= 0.6 is 0 Å². The number of nitrogens with one attached hydrogen (secondary N) is 1. The number of hydrogen-bond acceptors (Lipinski definition) is 3. The summed E-state index contributed by atoms with van der Waals surface area (Å²) in [5, 5.41) is 10.3. The lowest BCUT2D eigenvalue weighted by Crippen LogP contribution is -2.51. The van der Waals surface area contributed by atoms with Gasteiger partial charge in [-0.25, -0.2) is 4.79 Å². The third-order valence-corrected chi connectivity index (χ3v) is 2.27. The summed E-state index contributed by atoms with van der Waals surface area (Å²) < 4.78 is 40.8. The van der Waals surface area contributed by atoms with Crippen molar-refractivity contribution in [1.29, 1.82) is 0 Å². The van der Waals surface area contributed by atoms with Crippen LogP contribution in [0.5, 0.6) is 0 Å². The third kappa shape index (κ3) is 5.21. The van der Waals surface area contributed by atoms with E-state index in [4.69, 9.17) is 9.84 Å². The molecule has 1 unspecified atom stereocenters. The molecule has 0 saturated carbocycles. The molecule has 1 fully saturated rings. The summed E-state index contributed by atoms with van der Waals surface area (Å²) in [6.07, 6.45) is -5.45. The Hall–Kier alpha value is -1.51. The van der Waals surface area contributed by atoms with Gasteiger partial charge < -0.3 is 20.1 Å². The van der Waals surface area contributed by atoms with E-state index in [2.05, 4.69) is 0 Å². The van der Waals surface area contributed by atoms with E-state index in [1.165, 1.54) is 0 Å². The monoisotopic (exact) mass is 270 g/mol. The number of ether oxygens (including phenoxy) is 1.